The lowest BCUT2D eigenvalue weighted by Crippen LogP contribution is -2.32. The van der Waals surface area contributed by atoms with Gasteiger partial charge in [-0.3, -0.25) is 4.79 Å². The van der Waals surface area contributed by atoms with E-state index < -0.39 is 27.0 Å². The minimum atomic E-state index is -3.55. The Bertz CT molecular complexity index is 521. The van der Waals surface area contributed by atoms with Crippen LogP contribution in [-0.2, 0) is 19.4 Å². The molecule has 0 saturated heterocycles. The van der Waals surface area contributed by atoms with Gasteiger partial charge in [-0.2, -0.15) is 0 Å². The SMILES string of the molecule is CC(C)(c1ncc(Br)s1)S(=O)(=O)CCC(=O)O. The van der Waals surface area contributed by atoms with Gasteiger partial charge in [0.1, 0.15) is 9.75 Å². The van der Waals surface area contributed by atoms with Crippen LogP contribution in [0.3, 0.4) is 0 Å². The van der Waals surface area contributed by atoms with Crippen LogP contribution in [0.1, 0.15) is 25.3 Å². The second kappa shape index (κ2) is 5.03. The highest BCUT2D eigenvalue weighted by molar-refractivity contribution is 9.11. The number of nitrogens with zero attached hydrogens (tertiary/aromatic N) is 1. The molecule has 0 atom stereocenters. The first kappa shape index (κ1) is 14.6. The number of aliphatic carboxylic acids is 1. The van der Waals surface area contributed by atoms with Crippen LogP contribution in [0.2, 0.25) is 0 Å². The molecule has 0 amide bonds. The van der Waals surface area contributed by atoms with Crippen LogP contribution in [-0.4, -0.2) is 30.2 Å². The van der Waals surface area contributed by atoms with E-state index in [0.717, 1.165) is 3.79 Å². The Morgan fingerprint density at radius 2 is 2.18 bits per heavy atom. The van der Waals surface area contributed by atoms with E-state index >= 15 is 0 Å². The molecule has 8 heteroatoms. The topological polar surface area (TPSA) is 84.3 Å². The summed E-state index contributed by atoms with van der Waals surface area (Å²) >= 11 is 4.46. The predicted molar refractivity (Wildman–Crippen MR) is 68.9 cm³/mol. The lowest BCUT2D eigenvalue weighted by atomic mass is 10.2. The molecule has 0 bridgehead atoms. The number of thiazole rings is 1. The molecule has 1 heterocycles. The van der Waals surface area contributed by atoms with Crippen molar-refractivity contribution >= 4 is 43.1 Å². The van der Waals surface area contributed by atoms with E-state index in [1.54, 1.807) is 0 Å². The fourth-order valence-electron chi connectivity index (χ4n) is 1.14. The van der Waals surface area contributed by atoms with Gasteiger partial charge >= 0.3 is 5.97 Å². The number of sulfone groups is 1. The molecule has 1 aromatic heterocycles. The Morgan fingerprint density at radius 1 is 1.59 bits per heavy atom. The normalized spacial score (nSPS) is 12.6. The van der Waals surface area contributed by atoms with Gasteiger partial charge in [-0.05, 0) is 29.8 Å². The van der Waals surface area contributed by atoms with Crippen LogP contribution < -0.4 is 0 Å². The van der Waals surface area contributed by atoms with Gasteiger partial charge in [0, 0.05) is 0 Å². The predicted octanol–water partition coefficient (Wildman–Crippen LogP) is 2.03. The highest BCUT2D eigenvalue weighted by atomic mass is 79.9. The zero-order valence-corrected chi connectivity index (χ0v) is 12.5. The van der Waals surface area contributed by atoms with E-state index in [9.17, 15) is 13.2 Å². The van der Waals surface area contributed by atoms with Crippen molar-refractivity contribution in [2.45, 2.75) is 25.0 Å². The third-order valence-electron chi connectivity index (χ3n) is 2.35. The molecule has 0 unspecified atom stereocenters. The molecule has 5 nitrogen and oxygen atoms in total. The Kier molecular flexibility index (Phi) is 4.32. The summed E-state index contributed by atoms with van der Waals surface area (Å²) in [5, 5.41) is 8.99. The number of rotatable bonds is 5. The second-order valence-corrected chi connectivity index (χ2v) is 9.01. The molecule has 17 heavy (non-hydrogen) atoms. The molecule has 1 rings (SSSR count). The van der Waals surface area contributed by atoms with Crippen molar-refractivity contribution < 1.29 is 18.3 Å². The van der Waals surface area contributed by atoms with Gasteiger partial charge in [0.2, 0.25) is 0 Å². The van der Waals surface area contributed by atoms with Crippen LogP contribution in [0.25, 0.3) is 0 Å². The summed E-state index contributed by atoms with van der Waals surface area (Å²) in [7, 11) is -3.55. The third-order valence-corrected chi connectivity index (χ3v) is 6.77. The molecule has 96 valence electrons. The van der Waals surface area contributed by atoms with Gasteiger partial charge in [-0.25, -0.2) is 13.4 Å². The molecule has 0 saturated carbocycles. The summed E-state index contributed by atoms with van der Waals surface area (Å²) in [6.45, 7) is 3.07. The Balaban J connectivity index is 3.00. The first-order valence-electron chi connectivity index (χ1n) is 4.73. The molecule has 0 fully saturated rings. The standard InChI is InChI=1S/C9H12BrNO4S2/c1-9(2,8-11-5-6(10)16-8)17(14,15)4-3-7(12)13/h5H,3-4H2,1-2H3,(H,12,13). The summed E-state index contributed by atoms with van der Waals surface area (Å²) in [6, 6.07) is 0. The maximum Gasteiger partial charge on any atom is 0.304 e. The number of aromatic nitrogens is 1. The smallest absolute Gasteiger partial charge is 0.304 e. The molecular weight excluding hydrogens is 330 g/mol. The van der Waals surface area contributed by atoms with E-state index in [1.807, 2.05) is 0 Å². The number of halogens is 1. The van der Waals surface area contributed by atoms with E-state index in [-0.39, 0.29) is 5.75 Å². The average molecular weight is 342 g/mol. The Labute approximate surface area is 112 Å². The highest BCUT2D eigenvalue weighted by Crippen LogP contribution is 2.35. The fourth-order valence-corrected chi connectivity index (χ4v) is 4.12. The summed E-state index contributed by atoms with van der Waals surface area (Å²) in [4.78, 5) is 14.5. The zero-order valence-electron chi connectivity index (χ0n) is 9.31. The van der Waals surface area contributed by atoms with Gasteiger partial charge in [0.15, 0.2) is 9.84 Å². The van der Waals surface area contributed by atoms with Crippen molar-refractivity contribution in [1.29, 1.82) is 0 Å². The highest BCUT2D eigenvalue weighted by Gasteiger charge is 2.38. The van der Waals surface area contributed by atoms with E-state index in [0.29, 0.717) is 5.01 Å². The molecular formula is C9H12BrNO4S2. The number of hydrogen-bond acceptors (Lipinski definition) is 5. The van der Waals surface area contributed by atoms with E-state index in [4.69, 9.17) is 5.11 Å². The van der Waals surface area contributed by atoms with Crippen molar-refractivity contribution in [2.24, 2.45) is 0 Å². The molecule has 1 N–H and O–H groups in total. The fraction of sp³-hybridized carbons (Fsp3) is 0.556. The van der Waals surface area contributed by atoms with Crippen LogP contribution in [0.15, 0.2) is 9.98 Å². The summed E-state index contributed by atoms with van der Waals surface area (Å²) in [5.74, 6) is -1.50. The first-order chi connectivity index (χ1) is 7.67. The van der Waals surface area contributed by atoms with Crippen molar-refractivity contribution in [1.82, 2.24) is 4.98 Å². The minimum absolute atomic E-state index is 0.382. The van der Waals surface area contributed by atoms with Crippen LogP contribution in [0, 0.1) is 0 Å². The molecule has 0 radical (unpaired) electrons. The molecule has 0 aliphatic carbocycles. The molecule has 0 aliphatic heterocycles. The van der Waals surface area contributed by atoms with Crippen LogP contribution >= 0.6 is 27.3 Å². The second-order valence-electron chi connectivity index (χ2n) is 3.94. The maximum atomic E-state index is 12.1. The minimum Gasteiger partial charge on any atom is -0.481 e. The zero-order chi connectivity index (χ0) is 13.3. The quantitative estimate of drug-likeness (QED) is 0.885. The van der Waals surface area contributed by atoms with Crippen LogP contribution in [0.5, 0.6) is 0 Å². The molecule has 0 aliphatic rings. The first-order valence-corrected chi connectivity index (χ1v) is 7.99. The maximum absolute atomic E-state index is 12.1. The average Bonchev–Trinajstić information content (AvgIpc) is 2.62. The van der Waals surface area contributed by atoms with Gasteiger partial charge in [0.05, 0.1) is 22.2 Å². The van der Waals surface area contributed by atoms with E-state index in [2.05, 4.69) is 20.9 Å². The largest absolute Gasteiger partial charge is 0.481 e. The summed E-state index contributed by atoms with van der Waals surface area (Å²) < 4.78 is 23.7. The molecule has 1 aromatic rings. The van der Waals surface area contributed by atoms with Crippen molar-refractivity contribution in [3.63, 3.8) is 0 Å². The monoisotopic (exact) mass is 341 g/mol. The third kappa shape index (κ3) is 3.26. The molecule has 0 spiro atoms. The number of carbonyl (C=O) groups is 1. The van der Waals surface area contributed by atoms with E-state index in [1.165, 1.54) is 31.4 Å². The van der Waals surface area contributed by atoms with Gasteiger partial charge < -0.3 is 5.11 Å². The van der Waals surface area contributed by atoms with Crippen molar-refractivity contribution in [2.75, 3.05) is 5.75 Å². The van der Waals surface area contributed by atoms with Gasteiger partial charge in [0.25, 0.3) is 0 Å². The number of carboxylic acids is 1. The summed E-state index contributed by atoms with van der Waals surface area (Å²) in [5.41, 5.74) is 0. The number of carboxylic acid groups (broad SMARTS) is 1. The number of hydrogen-bond donors (Lipinski definition) is 1. The van der Waals surface area contributed by atoms with Crippen molar-refractivity contribution in [3.05, 3.63) is 15.0 Å². The lowest BCUT2D eigenvalue weighted by molar-refractivity contribution is -0.136. The lowest BCUT2D eigenvalue weighted by Gasteiger charge is -2.21. The molecule has 0 aromatic carbocycles. The summed E-state index contributed by atoms with van der Waals surface area (Å²) in [6.07, 6.45) is 1.15. The van der Waals surface area contributed by atoms with Crippen LogP contribution in [0.4, 0.5) is 0 Å². The Morgan fingerprint density at radius 3 is 2.59 bits per heavy atom. The van der Waals surface area contributed by atoms with Gasteiger partial charge in [-0.1, -0.05) is 0 Å². The Hall–Kier alpha value is -0.470. The van der Waals surface area contributed by atoms with Crippen molar-refractivity contribution in [3.8, 4) is 0 Å². The van der Waals surface area contributed by atoms with Gasteiger partial charge in [-0.15, -0.1) is 11.3 Å².